The highest BCUT2D eigenvalue weighted by molar-refractivity contribution is 5.57. The Morgan fingerprint density at radius 3 is 2.47 bits per heavy atom. The Labute approximate surface area is 176 Å². The molecule has 30 heavy (non-hydrogen) atoms. The summed E-state index contributed by atoms with van der Waals surface area (Å²) < 4.78 is 19.0. The first-order valence-electron chi connectivity index (χ1n) is 10.7. The zero-order chi connectivity index (χ0) is 20.9. The van der Waals surface area contributed by atoms with Gasteiger partial charge < -0.3 is 20.7 Å². The van der Waals surface area contributed by atoms with Gasteiger partial charge in [0.1, 0.15) is 0 Å². The Bertz CT molecular complexity index is 861. The lowest BCUT2D eigenvalue weighted by Crippen LogP contribution is -2.35. The molecule has 1 saturated heterocycles. The summed E-state index contributed by atoms with van der Waals surface area (Å²) >= 11 is 0. The molecule has 1 saturated carbocycles. The Kier molecular flexibility index (Phi) is 6.47. The maximum Gasteiger partial charge on any atom is 0.233 e. The first-order valence-corrected chi connectivity index (χ1v) is 10.7. The highest BCUT2D eigenvalue weighted by Crippen LogP contribution is 2.29. The van der Waals surface area contributed by atoms with Gasteiger partial charge in [0.25, 0.3) is 0 Å². The summed E-state index contributed by atoms with van der Waals surface area (Å²) in [6.45, 7) is 6.03. The number of aromatic nitrogens is 3. The van der Waals surface area contributed by atoms with Crippen LogP contribution in [0.3, 0.4) is 0 Å². The van der Waals surface area contributed by atoms with Crippen LogP contribution >= 0.6 is 0 Å². The minimum absolute atomic E-state index is 0.197. The first kappa shape index (κ1) is 20.6. The number of likely N-dealkylation sites (tertiary alicyclic amines) is 1. The molecule has 2 fully saturated rings. The summed E-state index contributed by atoms with van der Waals surface area (Å²) in [6.07, 6.45) is 4.89. The fourth-order valence-electron chi connectivity index (χ4n) is 3.77. The number of likely N-dealkylation sites (N-methyl/N-ethyl adjacent to an activating group) is 1. The molecule has 2 aromatic rings. The first-order chi connectivity index (χ1) is 14.6. The number of benzene rings is 1. The number of methoxy groups -OCH3 is 1. The summed E-state index contributed by atoms with van der Waals surface area (Å²) in [6, 6.07) is 5.16. The van der Waals surface area contributed by atoms with Crippen LogP contribution in [0.15, 0.2) is 18.2 Å². The van der Waals surface area contributed by atoms with Crippen LogP contribution in [-0.4, -0.2) is 59.2 Å². The average molecular weight is 416 g/mol. The molecule has 1 atom stereocenters. The molecular weight excluding hydrogens is 385 g/mol. The monoisotopic (exact) mass is 415 g/mol. The van der Waals surface area contributed by atoms with E-state index in [1.807, 2.05) is 0 Å². The van der Waals surface area contributed by atoms with E-state index >= 15 is 0 Å². The number of nitrogens with one attached hydrogen (secondary N) is 3. The van der Waals surface area contributed by atoms with Crippen LogP contribution in [-0.2, 0) is 0 Å². The van der Waals surface area contributed by atoms with Gasteiger partial charge in [-0.3, -0.25) is 4.90 Å². The molecule has 162 valence electrons. The molecule has 1 aromatic carbocycles. The smallest absolute Gasteiger partial charge is 0.233 e. The van der Waals surface area contributed by atoms with Crippen LogP contribution in [0.25, 0.3) is 0 Å². The van der Waals surface area contributed by atoms with Crippen molar-refractivity contribution in [1.29, 1.82) is 0 Å². The summed E-state index contributed by atoms with van der Waals surface area (Å²) in [5, 5.41) is 9.76. The van der Waals surface area contributed by atoms with Gasteiger partial charge in [-0.05, 0) is 56.8 Å². The lowest BCUT2D eigenvalue weighted by Gasteiger charge is -2.23. The minimum atomic E-state index is -0.442. The summed E-state index contributed by atoms with van der Waals surface area (Å²) in [5.41, 5.74) is 0.548. The van der Waals surface area contributed by atoms with Crippen molar-refractivity contribution in [1.82, 2.24) is 19.9 Å². The van der Waals surface area contributed by atoms with Gasteiger partial charge in [0, 0.05) is 30.9 Å². The van der Waals surface area contributed by atoms with Crippen LogP contribution in [0, 0.1) is 11.7 Å². The number of halogens is 1. The van der Waals surface area contributed by atoms with E-state index in [-0.39, 0.29) is 5.75 Å². The topological polar surface area (TPSA) is 87.2 Å². The van der Waals surface area contributed by atoms with Crippen molar-refractivity contribution >= 4 is 23.5 Å². The van der Waals surface area contributed by atoms with Crippen LogP contribution in [0.1, 0.15) is 32.6 Å². The van der Waals surface area contributed by atoms with Gasteiger partial charge in [0.2, 0.25) is 17.8 Å². The Hall–Kier alpha value is -2.68. The van der Waals surface area contributed by atoms with Crippen molar-refractivity contribution in [3.63, 3.8) is 0 Å². The number of hydrogen-bond donors (Lipinski definition) is 3. The van der Waals surface area contributed by atoms with E-state index in [1.165, 1.54) is 38.9 Å². The van der Waals surface area contributed by atoms with Gasteiger partial charge in [0.05, 0.1) is 7.11 Å². The lowest BCUT2D eigenvalue weighted by atomic mass is 10.2. The molecule has 2 heterocycles. The Morgan fingerprint density at radius 1 is 1.07 bits per heavy atom. The second kappa shape index (κ2) is 9.42. The van der Waals surface area contributed by atoms with Crippen molar-refractivity contribution in [3.05, 3.63) is 24.0 Å². The van der Waals surface area contributed by atoms with E-state index in [2.05, 4.69) is 42.7 Å². The third-order valence-corrected chi connectivity index (χ3v) is 5.69. The molecule has 3 N–H and O–H groups in total. The van der Waals surface area contributed by atoms with E-state index in [9.17, 15) is 4.39 Å². The van der Waals surface area contributed by atoms with Crippen LogP contribution in [0.2, 0.25) is 0 Å². The molecule has 4 rings (SSSR count). The Balaban J connectivity index is 1.48. The third-order valence-electron chi connectivity index (χ3n) is 5.69. The standard InChI is InChI=1S/C21H30FN7O/c1-3-29-10-4-5-16(29)13-24-20-26-19(23-12-14-6-7-14)27-21(28-20)25-15-8-9-18(30-2)17(22)11-15/h8-9,11,14,16H,3-7,10,12-13H2,1-2H3,(H3,23,24,25,26,27,28). The SMILES string of the molecule is CCN1CCCC1CNc1nc(NCC2CC2)nc(Nc2ccc(OC)c(F)c2)n1. The summed E-state index contributed by atoms with van der Waals surface area (Å²) in [4.78, 5) is 16.0. The third kappa shape index (κ3) is 5.27. The number of ether oxygens (including phenoxy) is 1. The molecule has 0 spiro atoms. The molecule has 8 nitrogen and oxygen atoms in total. The second-order valence-corrected chi connectivity index (χ2v) is 7.91. The van der Waals surface area contributed by atoms with Crippen LogP contribution in [0.5, 0.6) is 5.75 Å². The zero-order valence-electron chi connectivity index (χ0n) is 17.6. The molecule has 9 heteroatoms. The van der Waals surface area contributed by atoms with Gasteiger partial charge in [-0.1, -0.05) is 6.92 Å². The number of hydrogen-bond acceptors (Lipinski definition) is 8. The largest absolute Gasteiger partial charge is 0.494 e. The fraction of sp³-hybridized carbons (Fsp3) is 0.571. The van der Waals surface area contributed by atoms with E-state index in [0.717, 1.165) is 26.2 Å². The molecule has 0 bridgehead atoms. The van der Waals surface area contributed by atoms with Crippen LogP contribution in [0.4, 0.5) is 27.9 Å². The van der Waals surface area contributed by atoms with Gasteiger partial charge in [-0.2, -0.15) is 15.0 Å². The quantitative estimate of drug-likeness (QED) is 0.544. The number of nitrogens with zero attached hydrogens (tertiary/aromatic N) is 4. The van der Waals surface area contributed by atoms with Crippen molar-refractivity contribution in [2.45, 2.75) is 38.6 Å². The highest BCUT2D eigenvalue weighted by atomic mass is 19.1. The van der Waals surface area contributed by atoms with Crippen molar-refractivity contribution in [3.8, 4) is 5.75 Å². The highest BCUT2D eigenvalue weighted by Gasteiger charge is 2.23. The van der Waals surface area contributed by atoms with Gasteiger partial charge in [-0.25, -0.2) is 4.39 Å². The zero-order valence-corrected chi connectivity index (χ0v) is 17.6. The number of anilines is 4. The predicted octanol–water partition coefficient (Wildman–Crippen LogP) is 3.48. The normalized spacial score (nSPS) is 19.0. The molecule has 2 aliphatic rings. The molecule has 0 amide bonds. The van der Waals surface area contributed by atoms with E-state index in [4.69, 9.17) is 4.74 Å². The minimum Gasteiger partial charge on any atom is -0.494 e. The van der Waals surface area contributed by atoms with Crippen molar-refractivity contribution < 1.29 is 9.13 Å². The van der Waals surface area contributed by atoms with E-state index in [1.54, 1.807) is 12.1 Å². The molecule has 1 unspecified atom stereocenters. The lowest BCUT2D eigenvalue weighted by molar-refractivity contribution is 0.277. The van der Waals surface area contributed by atoms with Gasteiger partial charge in [0.15, 0.2) is 11.6 Å². The maximum absolute atomic E-state index is 14.0. The molecule has 1 aliphatic heterocycles. The molecule has 1 aromatic heterocycles. The van der Waals surface area contributed by atoms with Gasteiger partial charge in [-0.15, -0.1) is 0 Å². The predicted molar refractivity (Wildman–Crippen MR) is 116 cm³/mol. The summed E-state index contributed by atoms with van der Waals surface area (Å²) in [7, 11) is 1.44. The molecular formula is C21H30FN7O. The summed E-state index contributed by atoms with van der Waals surface area (Å²) in [5.74, 6) is 1.86. The second-order valence-electron chi connectivity index (χ2n) is 7.91. The van der Waals surface area contributed by atoms with Crippen molar-refractivity contribution in [2.75, 3.05) is 49.2 Å². The number of rotatable bonds is 10. The molecule has 1 aliphatic carbocycles. The fourth-order valence-corrected chi connectivity index (χ4v) is 3.77. The average Bonchev–Trinajstić information content (AvgIpc) is 3.46. The van der Waals surface area contributed by atoms with E-state index in [0.29, 0.717) is 35.5 Å². The maximum atomic E-state index is 14.0. The van der Waals surface area contributed by atoms with Crippen LogP contribution < -0.4 is 20.7 Å². The van der Waals surface area contributed by atoms with E-state index < -0.39 is 5.82 Å². The Morgan fingerprint density at radius 2 is 1.80 bits per heavy atom. The molecule has 0 radical (unpaired) electrons. The van der Waals surface area contributed by atoms with Gasteiger partial charge >= 0.3 is 0 Å². The van der Waals surface area contributed by atoms with Crippen molar-refractivity contribution in [2.24, 2.45) is 5.92 Å².